The van der Waals surface area contributed by atoms with Gasteiger partial charge in [0.05, 0.1) is 17.7 Å². The van der Waals surface area contributed by atoms with E-state index in [-0.39, 0.29) is 6.04 Å². The van der Waals surface area contributed by atoms with Crippen molar-refractivity contribution in [3.8, 4) is 6.07 Å². The molecular formula is C9H16N2O. The Morgan fingerprint density at radius 2 is 2.17 bits per heavy atom. The van der Waals surface area contributed by atoms with E-state index in [1.807, 2.05) is 0 Å². The molecule has 1 fully saturated rings. The standard InChI is InChI=1S/C9H16N2O/c1-8(6-10)11-7-9(12)4-2-3-5-9/h8,11-12H,2-5,7H2,1H3. The van der Waals surface area contributed by atoms with Crippen molar-refractivity contribution in [2.45, 2.75) is 44.2 Å². The van der Waals surface area contributed by atoms with Crippen LogP contribution >= 0.6 is 0 Å². The summed E-state index contributed by atoms with van der Waals surface area (Å²) in [5.74, 6) is 0. The smallest absolute Gasteiger partial charge is 0.0925 e. The van der Waals surface area contributed by atoms with E-state index in [2.05, 4.69) is 11.4 Å². The second-order valence-electron chi connectivity index (χ2n) is 3.66. The molecule has 0 aromatic heterocycles. The fraction of sp³-hybridized carbons (Fsp3) is 0.889. The number of aliphatic hydroxyl groups is 1. The van der Waals surface area contributed by atoms with Gasteiger partial charge in [-0.2, -0.15) is 5.26 Å². The van der Waals surface area contributed by atoms with E-state index in [1.165, 1.54) is 0 Å². The Labute approximate surface area is 73.4 Å². The molecule has 1 rings (SSSR count). The summed E-state index contributed by atoms with van der Waals surface area (Å²) in [6.07, 6.45) is 3.97. The number of hydrogen-bond acceptors (Lipinski definition) is 3. The van der Waals surface area contributed by atoms with Gasteiger partial charge in [-0.15, -0.1) is 0 Å². The molecule has 3 heteroatoms. The lowest BCUT2D eigenvalue weighted by Gasteiger charge is -2.23. The average Bonchev–Trinajstić information content (AvgIpc) is 2.49. The molecule has 0 saturated heterocycles. The molecule has 0 radical (unpaired) electrons. The van der Waals surface area contributed by atoms with Crippen LogP contribution < -0.4 is 5.32 Å². The highest BCUT2D eigenvalue weighted by molar-refractivity contribution is 4.91. The summed E-state index contributed by atoms with van der Waals surface area (Å²) in [6.45, 7) is 2.36. The SMILES string of the molecule is CC(C#N)NCC1(O)CCCC1. The van der Waals surface area contributed by atoms with E-state index >= 15 is 0 Å². The first kappa shape index (κ1) is 9.50. The molecule has 2 N–H and O–H groups in total. The molecule has 1 aliphatic rings. The van der Waals surface area contributed by atoms with Gasteiger partial charge >= 0.3 is 0 Å². The summed E-state index contributed by atoms with van der Waals surface area (Å²) in [5.41, 5.74) is -0.537. The van der Waals surface area contributed by atoms with Crippen LogP contribution in [0.15, 0.2) is 0 Å². The van der Waals surface area contributed by atoms with Crippen LogP contribution in [0.1, 0.15) is 32.6 Å². The number of nitrogens with one attached hydrogen (secondary N) is 1. The molecule has 0 heterocycles. The summed E-state index contributed by atoms with van der Waals surface area (Å²) < 4.78 is 0. The Morgan fingerprint density at radius 3 is 2.67 bits per heavy atom. The van der Waals surface area contributed by atoms with Gasteiger partial charge in [0, 0.05) is 6.54 Å². The molecule has 1 unspecified atom stereocenters. The van der Waals surface area contributed by atoms with Gasteiger partial charge < -0.3 is 5.11 Å². The maximum atomic E-state index is 9.86. The lowest BCUT2D eigenvalue weighted by Crippen LogP contribution is -2.41. The van der Waals surface area contributed by atoms with Crippen molar-refractivity contribution >= 4 is 0 Å². The molecule has 12 heavy (non-hydrogen) atoms. The van der Waals surface area contributed by atoms with Crippen molar-refractivity contribution in [1.29, 1.82) is 5.26 Å². The lowest BCUT2D eigenvalue weighted by atomic mass is 10.0. The zero-order chi connectivity index (χ0) is 9.03. The highest BCUT2D eigenvalue weighted by Crippen LogP contribution is 2.28. The summed E-state index contributed by atoms with van der Waals surface area (Å²) in [7, 11) is 0. The second-order valence-corrected chi connectivity index (χ2v) is 3.66. The molecule has 68 valence electrons. The van der Waals surface area contributed by atoms with Crippen molar-refractivity contribution in [3.05, 3.63) is 0 Å². The molecule has 1 saturated carbocycles. The van der Waals surface area contributed by atoms with Crippen molar-refractivity contribution < 1.29 is 5.11 Å². The van der Waals surface area contributed by atoms with Crippen LogP contribution in [0.25, 0.3) is 0 Å². The first-order valence-electron chi connectivity index (χ1n) is 4.52. The third-order valence-corrected chi connectivity index (χ3v) is 2.47. The van der Waals surface area contributed by atoms with Crippen LogP contribution in [0.4, 0.5) is 0 Å². The van der Waals surface area contributed by atoms with Crippen LogP contribution in [-0.2, 0) is 0 Å². The first-order chi connectivity index (χ1) is 5.66. The molecule has 0 amide bonds. The summed E-state index contributed by atoms with van der Waals surface area (Å²) in [5, 5.41) is 21.4. The van der Waals surface area contributed by atoms with E-state index in [1.54, 1.807) is 6.92 Å². The van der Waals surface area contributed by atoms with Crippen LogP contribution in [0.2, 0.25) is 0 Å². The van der Waals surface area contributed by atoms with Crippen LogP contribution in [0.3, 0.4) is 0 Å². The molecule has 1 atom stereocenters. The van der Waals surface area contributed by atoms with Gasteiger partial charge in [0.1, 0.15) is 0 Å². The van der Waals surface area contributed by atoms with Gasteiger partial charge in [-0.1, -0.05) is 12.8 Å². The maximum Gasteiger partial charge on any atom is 0.0925 e. The average molecular weight is 168 g/mol. The number of nitrogens with zero attached hydrogens (tertiary/aromatic N) is 1. The lowest BCUT2D eigenvalue weighted by molar-refractivity contribution is 0.0468. The Morgan fingerprint density at radius 1 is 1.58 bits per heavy atom. The Hall–Kier alpha value is -0.590. The van der Waals surface area contributed by atoms with Gasteiger partial charge in [-0.05, 0) is 19.8 Å². The summed E-state index contributed by atoms with van der Waals surface area (Å²) >= 11 is 0. The normalized spacial score (nSPS) is 23.4. The van der Waals surface area contributed by atoms with E-state index in [0.717, 1.165) is 25.7 Å². The minimum absolute atomic E-state index is 0.158. The highest BCUT2D eigenvalue weighted by atomic mass is 16.3. The van der Waals surface area contributed by atoms with E-state index in [0.29, 0.717) is 6.54 Å². The monoisotopic (exact) mass is 168 g/mol. The van der Waals surface area contributed by atoms with Gasteiger partial charge in [-0.3, -0.25) is 5.32 Å². The minimum Gasteiger partial charge on any atom is -0.389 e. The Kier molecular flexibility index (Phi) is 3.07. The Bertz CT molecular complexity index is 179. The maximum absolute atomic E-state index is 9.86. The third kappa shape index (κ3) is 2.47. The van der Waals surface area contributed by atoms with E-state index in [9.17, 15) is 5.11 Å². The number of rotatable bonds is 3. The molecule has 1 aliphatic carbocycles. The molecular weight excluding hydrogens is 152 g/mol. The number of hydrogen-bond donors (Lipinski definition) is 2. The highest BCUT2D eigenvalue weighted by Gasteiger charge is 2.30. The van der Waals surface area contributed by atoms with Crippen molar-refractivity contribution in [3.63, 3.8) is 0 Å². The fourth-order valence-electron chi connectivity index (χ4n) is 1.60. The van der Waals surface area contributed by atoms with Crippen LogP contribution in [-0.4, -0.2) is 23.3 Å². The van der Waals surface area contributed by atoms with Crippen molar-refractivity contribution in [2.75, 3.05) is 6.54 Å². The molecule has 0 aromatic rings. The predicted molar refractivity (Wildman–Crippen MR) is 46.5 cm³/mol. The van der Waals surface area contributed by atoms with Gasteiger partial charge in [0.15, 0.2) is 0 Å². The van der Waals surface area contributed by atoms with Crippen molar-refractivity contribution in [2.24, 2.45) is 0 Å². The van der Waals surface area contributed by atoms with Gasteiger partial charge in [-0.25, -0.2) is 0 Å². The largest absolute Gasteiger partial charge is 0.389 e. The fourth-order valence-corrected chi connectivity index (χ4v) is 1.60. The zero-order valence-electron chi connectivity index (χ0n) is 7.51. The molecule has 0 bridgehead atoms. The van der Waals surface area contributed by atoms with E-state index < -0.39 is 5.60 Å². The summed E-state index contributed by atoms with van der Waals surface area (Å²) in [6, 6.07) is 1.93. The second kappa shape index (κ2) is 3.88. The van der Waals surface area contributed by atoms with Crippen LogP contribution in [0.5, 0.6) is 0 Å². The molecule has 0 aromatic carbocycles. The third-order valence-electron chi connectivity index (χ3n) is 2.47. The quantitative estimate of drug-likeness (QED) is 0.655. The minimum atomic E-state index is -0.537. The number of nitriles is 1. The molecule has 0 aliphatic heterocycles. The van der Waals surface area contributed by atoms with Crippen molar-refractivity contribution in [1.82, 2.24) is 5.32 Å². The Balaban J connectivity index is 2.26. The first-order valence-corrected chi connectivity index (χ1v) is 4.52. The molecule has 3 nitrogen and oxygen atoms in total. The zero-order valence-corrected chi connectivity index (χ0v) is 7.51. The topological polar surface area (TPSA) is 56.0 Å². The van der Waals surface area contributed by atoms with Gasteiger partial charge in [0.2, 0.25) is 0 Å². The molecule has 0 spiro atoms. The predicted octanol–water partition coefficient (Wildman–Crippen LogP) is 0.793. The summed E-state index contributed by atoms with van der Waals surface area (Å²) in [4.78, 5) is 0. The van der Waals surface area contributed by atoms with E-state index in [4.69, 9.17) is 5.26 Å². The van der Waals surface area contributed by atoms with Crippen LogP contribution in [0, 0.1) is 11.3 Å². The van der Waals surface area contributed by atoms with Gasteiger partial charge in [0.25, 0.3) is 0 Å².